The standard InChI is InChI=1S/C21H18ClN3O2S/c1-2-12-7-18-19(8-16(12)22)25-20(27)9-17(24-18)13-4-3-5-14(6-13)21-23-15(10-26)11-28-21/h3-8,11,26H,2,9-10H2,1H3,(H,25,27). The van der Waals surface area contributed by atoms with Crippen LogP contribution in [0, 0.1) is 0 Å². The van der Waals surface area contributed by atoms with Gasteiger partial charge in [-0.15, -0.1) is 11.3 Å². The number of fused-ring (bicyclic) bond motifs is 1. The van der Waals surface area contributed by atoms with Gasteiger partial charge >= 0.3 is 0 Å². The van der Waals surface area contributed by atoms with Gasteiger partial charge in [-0.1, -0.05) is 36.7 Å². The molecule has 142 valence electrons. The molecule has 1 aliphatic rings. The fourth-order valence-electron chi connectivity index (χ4n) is 3.11. The Balaban J connectivity index is 1.77. The van der Waals surface area contributed by atoms with Crippen molar-refractivity contribution in [3.63, 3.8) is 0 Å². The number of hydrogen-bond acceptors (Lipinski definition) is 5. The van der Waals surface area contributed by atoms with E-state index in [4.69, 9.17) is 16.6 Å². The fourth-order valence-corrected chi connectivity index (χ4v) is 4.22. The lowest BCUT2D eigenvalue weighted by Gasteiger charge is -2.08. The zero-order valence-corrected chi connectivity index (χ0v) is 16.8. The number of aryl methyl sites for hydroxylation is 1. The molecule has 2 N–H and O–H groups in total. The van der Waals surface area contributed by atoms with Crippen molar-refractivity contribution in [3.05, 3.63) is 63.6 Å². The molecular weight excluding hydrogens is 394 g/mol. The van der Waals surface area contributed by atoms with E-state index in [1.165, 1.54) is 11.3 Å². The van der Waals surface area contributed by atoms with Crippen LogP contribution in [0.4, 0.5) is 11.4 Å². The highest BCUT2D eigenvalue weighted by Gasteiger charge is 2.19. The highest BCUT2D eigenvalue weighted by atomic mass is 35.5. The Morgan fingerprint density at radius 3 is 2.82 bits per heavy atom. The average Bonchev–Trinajstić information content (AvgIpc) is 3.12. The van der Waals surface area contributed by atoms with E-state index in [0.29, 0.717) is 27.8 Å². The number of aliphatic hydroxyl groups excluding tert-OH is 1. The maximum Gasteiger partial charge on any atom is 0.230 e. The molecule has 0 atom stereocenters. The molecule has 5 nitrogen and oxygen atoms in total. The van der Waals surface area contributed by atoms with Crippen LogP contribution in [0.15, 0.2) is 46.8 Å². The van der Waals surface area contributed by atoms with Gasteiger partial charge in [-0.3, -0.25) is 9.79 Å². The number of hydrogen-bond donors (Lipinski definition) is 2. The number of halogens is 1. The molecule has 0 radical (unpaired) electrons. The van der Waals surface area contributed by atoms with Gasteiger partial charge in [0.25, 0.3) is 0 Å². The minimum Gasteiger partial charge on any atom is -0.390 e. The molecule has 0 saturated heterocycles. The first kappa shape index (κ1) is 18.8. The van der Waals surface area contributed by atoms with Crippen LogP contribution in [0.2, 0.25) is 5.02 Å². The van der Waals surface area contributed by atoms with E-state index in [0.717, 1.165) is 28.1 Å². The number of thiazole rings is 1. The Kier molecular flexibility index (Phi) is 5.26. The van der Waals surface area contributed by atoms with E-state index in [1.54, 1.807) is 6.07 Å². The number of nitrogens with zero attached hydrogens (tertiary/aromatic N) is 2. The van der Waals surface area contributed by atoms with Gasteiger partial charge in [-0.05, 0) is 35.7 Å². The number of nitrogens with one attached hydrogen (secondary N) is 1. The molecule has 0 spiro atoms. The first-order chi connectivity index (χ1) is 13.6. The minimum atomic E-state index is -0.125. The summed E-state index contributed by atoms with van der Waals surface area (Å²) < 4.78 is 0. The second-order valence-corrected chi connectivity index (χ2v) is 7.75. The summed E-state index contributed by atoms with van der Waals surface area (Å²) in [6.07, 6.45) is 0.967. The van der Waals surface area contributed by atoms with Crippen LogP contribution in [0.3, 0.4) is 0 Å². The molecule has 28 heavy (non-hydrogen) atoms. The Labute approximate surface area is 171 Å². The molecular formula is C21H18ClN3O2S. The summed E-state index contributed by atoms with van der Waals surface area (Å²) in [5.74, 6) is -0.125. The van der Waals surface area contributed by atoms with Crippen LogP contribution < -0.4 is 5.32 Å². The molecule has 2 aromatic carbocycles. The van der Waals surface area contributed by atoms with E-state index in [-0.39, 0.29) is 18.9 Å². The van der Waals surface area contributed by atoms with Gasteiger partial charge in [0.2, 0.25) is 5.91 Å². The largest absolute Gasteiger partial charge is 0.390 e. The molecule has 1 amide bonds. The van der Waals surface area contributed by atoms with Crippen LogP contribution in [0.5, 0.6) is 0 Å². The molecule has 0 aliphatic carbocycles. The molecule has 2 heterocycles. The minimum absolute atomic E-state index is 0.0812. The maximum absolute atomic E-state index is 12.4. The molecule has 3 aromatic rings. The third-order valence-corrected chi connectivity index (χ3v) is 5.85. The van der Waals surface area contributed by atoms with Crippen LogP contribution >= 0.6 is 22.9 Å². The van der Waals surface area contributed by atoms with Gasteiger partial charge in [0.1, 0.15) is 5.01 Å². The van der Waals surface area contributed by atoms with Gasteiger partial charge in [0.15, 0.2) is 0 Å². The monoisotopic (exact) mass is 411 g/mol. The topological polar surface area (TPSA) is 74.6 Å². The molecule has 0 fully saturated rings. The van der Waals surface area contributed by atoms with E-state index >= 15 is 0 Å². The van der Waals surface area contributed by atoms with E-state index in [1.807, 2.05) is 42.6 Å². The van der Waals surface area contributed by atoms with Crippen LogP contribution in [0.25, 0.3) is 10.6 Å². The lowest BCUT2D eigenvalue weighted by atomic mass is 10.0. The van der Waals surface area contributed by atoms with Crippen molar-refractivity contribution in [3.8, 4) is 10.6 Å². The van der Waals surface area contributed by atoms with Crippen LogP contribution in [-0.2, 0) is 17.8 Å². The lowest BCUT2D eigenvalue weighted by Crippen LogP contribution is -2.15. The predicted octanol–water partition coefficient (Wildman–Crippen LogP) is 4.98. The molecule has 1 aromatic heterocycles. The molecule has 7 heteroatoms. The number of carbonyl (C=O) groups excluding carboxylic acids is 1. The summed E-state index contributed by atoms with van der Waals surface area (Å²) in [7, 11) is 0. The second kappa shape index (κ2) is 7.83. The number of rotatable bonds is 4. The zero-order chi connectivity index (χ0) is 19.7. The Morgan fingerprint density at radius 2 is 2.07 bits per heavy atom. The fraction of sp³-hybridized carbons (Fsp3) is 0.190. The summed E-state index contributed by atoms with van der Waals surface area (Å²) >= 11 is 7.77. The van der Waals surface area contributed by atoms with E-state index in [2.05, 4.69) is 10.3 Å². The van der Waals surface area contributed by atoms with Crippen molar-refractivity contribution < 1.29 is 9.90 Å². The zero-order valence-electron chi connectivity index (χ0n) is 15.2. The molecule has 0 bridgehead atoms. The molecule has 0 unspecified atom stereocenters. The Morgan fingerprint density at radius 1 is 1.25 bits per heavy atom. The average molecular weight is 412 g/mol. The third-order valence-electron chi connectivity index (χ3n) is 4.56. The van der Waals surface area contributed by atoms with Crippen LogP contribution in [-0.4, -0.2) is 21.7 Å². The number of amides is 1. The van der Waals surface area contributed by atoms with Crippen molar-refractivity contribution in [2.24, 2.45) is 4.99 Å². The van der Waals surface area contributed by atoms with Crippen molar-refractivity contribution in [1.29, 1.82) is 0 Å². The van der Waals surface area contributed by atoms with Crippen molar-refractivity contribution >= 4 is 45.9 Å². The summed E-state index contributed by atoms with van der Waals surface area (Å²) in [4.78, 5) is 21.6. The van der Waals surface area contributed by atoms with Gasteiger partial charge in [-0.25, -0.2) is 4.98 Å². The predicted molar refractivity (Wildman–Crippen MR) is 114 cm³/mol. The number of aliphatic imine (C=N–C) groups is 1. The first-order valence-corrected chi connectivity index (χ1v) is 10.2. The number of aromatic nitrogens is 1. The van der Waals surface area contributed by atoms with Crippen LogP contribution in [0.1, 0.15) is 30.2 Å². The molecule has 0 saturated carbocycles. The summed E-state index contributed by atoms with van der Waals surface area (Å²) in [5.41, 5.74) is 5.48. The van der Waals surface area contributed by atoms with Crippen molar-refractivity contribution in [1.82, 2.24) is 4.98 Å². The van der Waals surface area contributed by atoms with Gasteiger partial charge in [0.05, 0.1) is 35.8 Å². The first-order valence-electron chi connectivity index (χ1n) is 8.93. The van der Waals surface area contributed by atoms with Crippen molar-refractivity contribution in [2.75, 3.05) is 5.32 Å². The maximum atomic E-state index is 12.4. The second-order valence-electron chi connectivity index (χ2n) is 6.48. The molecule has 4 rings (SSSR count). The van der Waals surface area contributed by atoms with Gasteiger partial charge in [0, 0.05) is 16.0 Å². The molecule has 1 aliphatic heterocycles. The summed E-state index contributed by atoms with van der Waals surface area (Å²) in [5, 5.41) is 15.4. The van der Waals surface area contributed by atoms with E-state index < -0.39 is 0 Å². The number of anilines is 1. The Hall–Kier alpha value is -2.54. The van der Waals surface area contributed by atoms with Gasteiger partial charge < -0.3 is 10.4 Å². The lowest BCUT2D eigenvalue weighted by molar-refractivity contribution is -0.115. The Bertz CT molecular complexity index is 1090. The number of benzene rings is 2. The SMILES string of the molecule is CCc1cc2c(cc1Cl)NC(=O)CC(c1cccc(-c3nc(CO)cs3)c1)=N2. The van der Waals surface area contributed by atoms with Crippen molar-refractivity contribution in [2.45, 2.75) is 26.4 Å². The highest BCUT2D eigenvalue weighted by Crippen LogP contribution is 2.35. The highest BCUT2D eigenvalue weighted by molar-refractivity contribution is 7.13. The van der Waals surface area contributed by atoms with E-state index in [9.17, 15) is 9.90 Å². The number of carbonyl (C=O) groups is 1. The third kappa shape index (κ3) is 3.71. The van der Waals surface area contributed by atoms with Gasteiger partial charge in [-0.2, -0.15) is 0 Å². The quantitative estimate of drug-likeness (QED) is 0.635. The summed E-state index contributed by atoms with van der Waals surface area (Å²) in [6, 6.07) is 11.5. The number of aliphatic hydroxyl groups is 1. The normalized spacial score (nSPS) is 13.5. The summed E-state index contributed by atoms with van der Waals surface area (Å²) in [6.45, 7) is 1.95. The smallest absolute Gasteiger partial charge is 0.230 e.